The van der Waals surface area contributed by atoms with E-state index in [-0.39, 0.29) is 17.1 Å². The molecule has 6 nitrogen and oxygen atoms in total. The Kier molecular flexibility index (Phi) is 6.92. The second-order valence-electron chi connectivity index (χ2n) is 10.7. The number of anilines is 1. The van der Waals surface area contributed by atoms with Crippen LogP contribution in [0.4, 0.5) is 5.69 Å². The Hall–Kier alpha value is -3.97. The number of carbonyl (C=O) groups excluding carboxylic acids is 2. The van der Waals surface area contributed by atoms with Gasteiger partial charge in [0, 0.05) is 55.8 Å². The van der Waals surface area contributed by atoms with Gasteiger partial charge in [-0.2, -0.15) is 0 Å². The zero-order valence-corrected chi connectivity index (χ0v) is 23.8. The summed E-state index contributed by atoms with van der Waals surface area (Å²) in [6, 6.07) is 17.4. The van der Waals surface area contributed by atoms with Gasteiger partial charge in [-0.15, -0.1) is 11.3 Å². The van der Waals surface area contributed by atoms with Crippen LogP contribution >= 0.6 is 11.3 Å². The number of carbonyl (C=O) groups is 2. The highest BCUT2D eigenvalue weighted by Gasteiger charge is 2.26. The quantitative estimate of drug-likeness (QED) is 0.171. The maximum absolute atomic E-state index is 14.0. The maximum Gasteiger partial charge on any atom is 0.329 e. The highest BCUT2D eigenvalue weighted by atomic mass is 32.1. The van der Waals surface area contributed by atoms with E-state index >= 15 is 0 Å². The molecule has 0 amide bonds. The van der Waals surface area contributed by atoms with Gasteiger partial charge in [-0.1, -0.05) is 43.5 Å². The van der Waals surface area contributed by atoms with Crippen LogP contribution in [0.1, 0.15) is 78.2 Å². The lowest BCUT2D eigenvalue weighted by Gasteiger charge is -2.24. The Bertz CT molecular complexity index is 1860. The van der Waals surface area contributed by atoms with Gasteiger partial charge < -0.3 is 9.40 Å². The Morgan fingerprint density at radius 1 is 1.00 bits per heavy atom. The van der Waals surface area contributed by atoms with Gasteiger partial charge in [0.1, 0.15) is 5.69 Å². The molecule has 40 heavy (non-hydrogen) atoms. The number of fused-ring (bicyclic) bond motifs is 5. The first-order chi connectivity index (χ1) is 19.4. The number of hydrogen-bond acceptors (Lipinski definition) is 6. The number of rotatable bonds is 6. The minimum atomic E-state index is -0.494. The third-order valence-corrected chi connectivity index (χ3v) is 9.54. The second kappa shape index (κ2) is 10.5. The molecule has 6 rings (SSSR count). The van der Waals surface area contributed by atoms with Crippen LogP contribution in [-0.4, -0.2) is 16.3 Å². The summed E-state index contributed by atoms with van der Waals surface area (Å²) in [5.74, 6) is -0.283. The van der Waals surface area contributed by atoms with Crippen LogP contribution in [0.3, 0.4) is 0 Å². The summed E-state index contributed by atoms with van der Waals surface area (Å²) in [6.07, 6.45) is 5.41. The largest absolute Gasteiger partial charge is 0.344 e. The number of aryl methyl sites for hydroxylation is 2. The highest BCUT2D eigenvalue weighted by Crippen LogP contribution is 2.43. The van der Waals surface area contributed by atoms with E-state index < -0.39 is 5.97 Å². The van der Waals surface area contributed by atoms with E-state index in [1.54, 1.807) is 11.3 Å². The van der Waals surface area contributed by atoms with Crippen molar-refractivity contribution in [1.29, 1.82) is 0 Å². The fourth-order valence-corrected chi connectivity index (χ4v) is 7.63. The third kappa shape index (κ3) is 4.38. The van der Waals surface area contributed by atoms with E-state index in [0.29, 0.717) is 22.2 Å². The lowest BCUT2D eigenvalue weighted by Crippen LogP contribution is -2.18. The van der Waals surface area contributed by atoms with E-state index in [1.807, 2.05) is 61.5 Å². The average Bonchev–Trinajstić information content (AvgIpc) is 3.30. The molecule has 5 aromatic rings. The summed E-state index contributed by atoms with van der Waals surface area (Å²) < 4.78 is 3.16. The molecule has 2 heterocycles. The van der Waals surface area contributed by atoms with Crippen LogP contribution < -0.4 is 10.9 Å². The first-order valence-corrected chi connectivity index (χ1v) is 14.8. The molecule has 1 aliphatic carbocycles. The first kappa shape index (κ1) is 26.3. The number of nitrogens with zero attached hydrogens (tertiary/aromatic N) is 1. The molecule has 1 fully saturated rings. The summed E-state index contributed by atoms with van der Waals surface area (Å²) in [7, 11) is 0. The second-order valence-corrected chi connectivity index (χ2v) is 11.7. The highest BCUT2D eigenvalue weighted by molar-refractivity contribution is 7.20. The van der Waals surface area contributed by atoms with E-state index in [1.165, 1.54) is 13.3 Å². The van der Waals surface area contributed by atoms with Crippen LogP contribution in [0.5, 0.6) is 0 Å². The monoisotopic (exact) mass is 552 g/mol. The Balaban J connectivity index is 1.64. The molecule has 0 saturated heterocycles. The molecule has 7 heteroatoms. The minimum Gasteiger partial charge on any atom is -0.344 e. The van der Waals surface area contributed by atoms with Gasteiger partial charge in [-0.3, -0.25) is 14.4 Å². The minimum absolute atomic E-state index is 0.0124. The molecule has 1 saturated carbocycles. The molecule has 204 valence electrons. The summed E-state index contributed by atoms with van der Waals surface area (Å²) >= 11 is 1.62. The van der Waals surface area contributed by atoms with Crippen molar-refractivity contribution in [2.24, 2.45) is 0 Å². The standard InChI is InChI=1S/C33H32N2O4S/c1-4-35-26-16-14-22(30(37)23-13-9-8-10-19(23)2)18-25(26)28-27(35)17-15-24-31(38)29(34-39-20(3)36)32(40-33(24)28)21-11-6-5-7-12-21/h8-10,13-18,21,34H,4-7,11-12H2,1-3H3. The number of ketones is 1. The fourth-order valence-electron chi connectivity index (χ4n) is 6.19. The predicted molar refractivity (Wildman–Crippen MR) is 163 cm³/mol. The van der Waals surface area contributed by atoms with E-state index in [0.717, 1.165) is 69.2 Å². The van der Waals surface area contributed by atoms with Crippen LogP contribution in [0, 0.1) is 6.92 Å². The summed E-state index contributed by atoms with van der Waals surface area (Å²) in [5.41, 5.74) is 7.25. The average molecular weight is 553 g/mol. The molecule has 3 aromatic carbocycles. The molecule has 0 aliphatic heterocycles. The summed E-state index contributed by atoms with van der Waals surface area (Å²) in [4.78, 5) is 45.2. The van der Waals surface area contributed by atoms with Gasteiger partial charge in [-0.05, 0) is 68.5 Å². The normalized spacial score (nSPS) is 14.2. The van der Waals surface area contributed by atoms with Crippen LogP contribution in [-0.2, 0) is 16.2 Å². The number of aromatic nitrogens is 1. The molecule has 1 aliphatic rings. The van der Waals surface area contributed by atoms with E-state index in [9.17, 15) is 14.4 Å². The predicted octanol–water partition coefficient (Wildman–Crippen LogP) is 7.87. The molecular weight excluding hydrogens is 520 g/mol. The SMILES string of the molecule is CCn1c2ccc(C(=O)c3ccccc3C)cc2c2c3sc(C4CCCCC4)c(NOC(C)=O)c(=O)c3ccc21. The Morgan fingerprint density at radius 2 is 1.75 bits per heavy atom. The van der Waals surface area contributed by atoms with Gasteiger partial charge in [-0.25, -0.2) is 5.48 Å². The van der Waals surface area contributed by atoms with Crippen molar-refractivity contribution in [1.82, 2.24) is 4.57 Å². The number of hydrogen-bond donors (Lipinski definition) is 1. The molecule has 0 unspecified atom stereocenters. The van der Waals surface area contributed by atoms with Crippen molar-refractivity contribution < 1.29 is 14.4 Å². The molecule has 0 atom stereocenters. The van der Waals surface area contributed by atoms with Crippen molar-refractivity contribution in [2.75, 3.05) is 5.48 Å². The zero-order valence-electron chi connectivity index (χ0n) is 23.0. The first-order valence-electron chi connectivity index (χ1n) is 14.0. The maximum atomic E-state index is 14.0. The topological polar surface area (TPSA) is 77.4 Å². The van der Waals surface area contributed by atoms with Crippen molar-refractivity contribution in [3.05, 3.63) is 86.4 Å². The van der Waals surface area contributed by atoms with Crippen LogP contribution in [0.25, 0.3) is 31.9 Å². The van der Waals surface area contributed by atoms with Gasteiger partial charge in [0.15, 0.2) is 5.78 Å². The molecular formula is C33H32N2O4S. The van der Waals surface area contributed by atoms with Gasteiger partial charge in [0.25, 0.3) is 0 Å². The molecule has 1 N–H and O–H groups in total. The smallest absolute Gasteiger partial charge is 0.329 e. The lowest BCUT2D eigenvalue weighted by molar-refractivity contribution is -0.138. The number of nitrogens with one attached hydrogen (secondary N) is 1. The molecule has 0 bridgehead atoms. The lowest BCUT2D eigenvalue weighted by atomic mass is 9.87. The Labute approximate surface area is 236 Å². The van der Waals surface area contributed by atoms with E-state index in [4.69, 9.17) is 4.84 Å². The van der Waals surface area contributed by atoms with Gasteiger partial charge in [0.2, 0.25) is 5.43 Å². The molecule has 2 aromatic heterocycles. The zero-order chi connectivity index (χ0) is 28.0. The van der Waals surface area contributed by atoms with Crippen molar-refractivity contribution in [3.8, 4) is 0 Å². The number of benzene rings is 3. The van der Waals surface area contributed by atoms with Crippen molar-refractivity contribution in [2.45, 2.75) is 65.3 Å². The fraction of sp³-hybridized carbons (Fsp3) is 0.303. The Morgan fingerprint density at radius 3 is 2.48 bits per heavy atom. The summed E-state index contributed by atoms with van der Waals surface area (Å²) in [5, 5.41) is 2.54. The van der Waals surface area contributed by atoms with Crippen molar-refractivity contribution in [3.63, 3.8) is 0 Å². The third-order valence-electron chi connectivity index (χ3n) is 8.15. The molecule has 0 radical (unpaired) electrons. The van der Waals surface area contributed by atoms with Crippen LogP contribution in [0.2, 0.25) is 0 Å². The van der Waals surface area contributed by atoms with Crippen LogP contribution in [0.15, 0.2) is 59.4 Å². The van der Waals surface area contributed by atoms with Gasteiger partial charge in [0.05, 0.1) is 5.52 Å². The molecule has 0 spiro atoms. The van der Waals surface area contributed by atoms with Gasteiger partial charge >= 0.3 is 5.97 Å². The van der Waals surface area contributed by atoms with Crippen molar-refractivity contribution >= 4 is 60.7 Å². The van der Waals surface area contributed by atoms with E-state index in [2.05, 4.69) is 17.0 Å². The summed E-state index contributed by atoms with van der Waals surface area (Å²) in [6.45, 7) is 6.14.